The van der Waals surface area contributed by atoms with Crippen molar-refractivity contribution in [2.75, 3.05) is 6.54 Å². The molecule has 0 N–H and O–H groups in total. The fourth-order valence-corrected chi connectivity index (χ4v) is 3.07. The lowest BCUT2D eigenvalue weighted by molar-refractivity contribution is -0.385. The first kappa shape index (κ1) is 15.5. The van der Waals surface area contributed by atoms with Gasteiger partial charge in [-0.25, -0.2) is 0 Å². The predicted molar refractivity (Wildman–Crippen MR) is 84.3 cm³/mol. The number of carbonyl (C=O) groups excluding carboxylic acids is 1. The molecule has 0 unspecified atom stereocenters. The molecule has 1 aromatic carbocycles. The van der Waals surface area contributed by atoms with Crippen molar-refractivity contribution in [1.82, 2.24) is 14.7 Å². The SMILES string of the molecule is Cn1cc([N+](=O)[O-])c(C(=O)N2CCC[C@H]2c2ccc(Cl)cc2)n1. The smallest absolute Gasteiger partial charge is 0.320 e. The second-order valence-corrected chi connectivity index (χ2v) is 5.94. The summed E-state index contributed by atoms with van der Waals surface area (Å²) in [5.74, 6) is -0.408. The maximum atomic E-state index is 12.8. The van der Waals surface area contributed by atoms with Crippen molar-refractivity contribution >= 4 is 23.2 Å². The highest BCUT2D eigenvalue weighted by Gasteiger charge is 2.35. The molecule has 1 fully saturated rings. The Balaban J connectivity index is 1.92. The van der Waals surface area contributed by atoms with E-state index in [1.165, 1.54) is 10.9 Å². The van der Waals surface area contributed by atoms with E-state index in [0.717, 1.165) is 18.4 Å². The highest BCUT2D eigenvalue weighted by atomic mass is 35.5. The predicted octanol–water partition coefficient (Wildman–Crippen LogP) is 2.96. The van der Waals surface area contributed by atoms with Crippen molar-refractivity contribution in [2.24, 2.45) is 7.05 Å². The molecule has 7 nitrogen and oxygen atoms in total. The molecule has 2 heterocycles. The minimum Gasteiger partial charge on any atom is -0.330 e. The van der Waals surface area contributed by atoms with Crippen molar-refractivity contribution in [2.45, 2.75) is 18.9 Å². The van der Waals surface area contributed by atoms with E-state index in [9.17, 15) is 14.9 Å². The molecule has 0 spiro atoms. The van der Waals surface area contributed by atoms with E-state index in [4.69, 9.17) is 11.6 Å². The van der Waals surface area contributed by atoms with Crippen molar-refractivity contribution < 1.29 is 9.72 Å². The number of hydrogen-bond acceptors (Lipinski definition) is 4. The number of hydrogen-bond donors (Lipinski definition) is 0. The third kappa shape index (κ3) is 2.92. The Morgan fingerprint density at radius 3 is 2.74 bits per heavy atom. The number of nitro groups is 1. The van der Waals surface area contributed by atoms with Crippen LogP contribution in [-0.4, -0.2) is 32.1 Å². The van der Waals surface area contributed by atoms with Gasteiger partial charge in [0.05, 0.1) is 11.0 Å². The molecule has 3 rings (SSSR count). The van der Waals surface area contributed by atoms with E-state index >= 15 is 0 Å². The molecule has 1 aliphatic rings. The quantitative estimate of drug-likeness (QED) is 0.638. The zero-order chi connectivity index (χ0) is 16.6. The van der Waals surface area contributed by atoms with E-state index in [-0.39, 0.29) is 17.4 Å². The van der Waals surface area contributed by atoms with Gasteiger partial charge in [-0.15, -0.1) is 0 Å². The fraction of sp³-hybridized carbons (Fsp3) is 0.333. The first-order chi connectivity index (χ1) is 11.0. The molecule has 1 amide bonds. The molecular weight excluding hydrogens is 320 g/mol. The maximum absolute atomic E-state index is 12.8. The lowest BCUT2D eigenvalue weighted by Gasteiger charge is -2.24. The number of likely N-dealkylation sites (tertiary alicyclic amines) is 1. The first-order valence-electron chi connectivity index (χ1n) is 7.22. The van der Waals surface area contributed by atoms with Gasteiger partial charge < -0.3 is 4.90 Å². The van der Waals surface area contributed by atoms with E-state index < -0.39 is 10.8 Å². The van der Waals surface area contributed by atoms with Crippen LogP contribution in [0.25, 0.3) is 0 Å². The number of nitrogens with zero attached hydrogens (tertiary/aromatic N) is 4. The van der Waals surface area contributed by atoms with Crippen molar-refractivity contribution in [3.63, 3.8) is 0 Å². The van der Waals surface area contributed by atoms with Crippen LogP contribution in [0.3, 0.4) is 0 Å². The Kier molecular flexibility index (Phi) is 4.04. The zero-order valence-electron chi connectivity index (χ0n) is 12.5. The number of amides is 1. The Morgan fingerprint density at radius 2 is 2.09 bits per heavy atom. The largest absolute Gasteiger partial charge is 0.330 e. The summed E-state index contributed by atoms with van der Waals surface area (Å²) >= 11 is 5.90. The van der Waals surface area contributed by atoms with Crippen LogP contribution in [0.1, 0.15) is 34.9 Å². The number of halogens is 1. The van der Waals surface area contributed by atoms with Gasteiger partial charge in [0.25, 0.3) is 5.91 Å². The van der Waals surface area contributed by atoms with Gasteiger partial charge in [-0.3, -0.25) is 19.6 Å². The number of carbonyl (C=O) groups is 1. The molecule has 0 radical (unpaired) electrons. The lowest BCUT2D eigenvalue weighted by atomic mass is 10.0. The second-order valence-electron chi connectivity index (χ2n) is 5.50. The highest BCUT2D eigenvalue weighted by Crippen LogP contribution is 2.34. The maximum Gasteiger partial charge on any atom is 0.320 e. The standard InChI is InChI=1S/C15H15ClN4O3/c1-18-9-13(20(22)23)14(17-18)15(21)19-8-2-3-12(19)10-4-6-11(16)7-5-10/h4-7,9,12H,2-3,8H2,1H3/t12-/m0/s1. The summed E-state index contributed by atoms with van der Waals surface area (Å²) in [5.41, 5.74) is 0.594. The molecule has 120 valence electrons. The summed E-state index contributed by atoms with van der Waals surface area (Å²) in [4.78, 5) is 24.9. The molecule has 23 heavy (non-hydrogen) atoms. The zero-order valence-corrected chi connectivity index (χ0v) is 13.2. The van der Waals surface area contributed by atoms with Crippen LogP contribution in [0.4, 0.5) is 5.69 Å². The third-order valence-electron chi connectivity index (χ3n) is 3.98. The van der Waals surface area contributed by atoms with Gasteiger partial charge in [-0.05, 0) is 30.5 Å². The minimum atomic E-state index is -0.576. The van der Waals surface area contributed by atoms with Gasteiger partial charge >= 0.3 is 5.69 Å². The highest BCUT2D eigenvalue weighted by molar-refractivity contribution is 6.30. The van der Waals surface area contributed by atoms with Crippen LogP contribution < -0.4 is 0 Å². The molecule has 0 aliphatic carbocycles. The molecular formula is C15H15ClN4O3. The van der Waals surface area contributed by atoms with Crippen molar-refractivity contribution in [1.29, 1.82) is 0 Å². The average molecular weight is 335 g/mol. The normalized spacial score (nSPS) is 17.5. The molecule has 0 bridgehead atoms. The number of aryl methyl sites for hydroxylation is 1. The van der Waals surface area contributed by atoms with Gasteiger partial charge in [0.1, 0.15) is 6.20 Å². The second kappa shape index (κ2) is 6.00. The van der Waals surface area contributed by atoms with Crippen LogP contribution in [0, 0.1) is 10.1 Å². The summed E-state index contributed by atoms with van der Waals surface area (Å²) in [6.45, 7) is 0.555. The van der Waals surface area contributed by atoms with E-state index in [0.29, 0.717) is 11.6 Å². The summed E-state index contributed by atoms with van der Waals surface area (Å²) in [7, 11) is 1.56. The van der Waals surface area contributed by atoms with Crippen LogP contribution in [0.5, 0.6) is 0 Å². The Morgan fingerprint density at radius 1 is 1.39 bits per heavy atom. The lowest BCUT2D eigenvalue weighted by Crippen LogP contribution is -2.31. The van der Waals surface area contributed by atoms with E-state index in [1.807, 2.05) is 12.1 Å². The van der Waals surface area contributed by atoms with Gasteiger partial charge in [0, 0.05) is 18.6 Å². The number of aromatic nitrogens is 2. The molecule has 0 saturated carbocycles. The van der Waals surface area contributed by atoms with Crippen LogP contribution in [0.15, 0.2) is 30.5 Å². The molecule has 8 heteroatoms. The molecule has 1 atom stereocenters. The van der Waals surface area contributed by atoms with Crippen LogP contribution in [0.2, 0.25) is 5.02 Å². The van der Waals surface area contributed by atoms with Crippen molar-refractivity contribution in [3.05, 3.63) is 56.9 Å². The monoisotopic (exact) mass is 334 g/mol. The Bertz CT molecular complexity index is 757. The van der Waals surface area contributed by atoms with Crippen LogP contribution >= 0.6 is 11.6 Å². The van der Waals surface area contributed by atoms with E-state index in [2.05, 4.69) is 5.10 Å². The van der Waals surface area contributed by atoms with Crippen LogP contribution in [-0.2, 0) is 7.05 Å². The fourth-order valence-electron chi connectivity index (χ4n) is 2.94. The first-order valence-corrected chi connectivity index (χ1v) is 7.59. The third-order valence-corrected chi connectivity index (χ3v) is 4.23. The summed E-state index contributed by atoms with van der Waals surface area (Å²) in [5, 5.41) is 15.7. The van der Waals surface area contributed by atoms with E-state index in [1.54, 1.807) is 24.1 Å². The molecule has 1 aliphatic heterocycles. The van der Waals surface area contributed by atoms with Gasteiger partial charge in [0.2, 0.25) is 5.69 Å². The van der Waals surface area contributed by atoms with Gasteiger partial charge in [0.15, 0.2) is 0 Å². The van der Waals surface area contributed by atoms with Gasteiger partial charge in [-0.1, -0.05) is 23.7 Å². The average Bonchev–Trinajstić information content (AvgIpc) is 3.14. The molecule has 2 aromatic rings. The van der Waals surface area contributed by atoms with Gasteiger partial charge in [-0.2, -0.15) is 5.10 Å². The topological polar surface area (TPSA) is 81.3 Å². The van der Waals surface area contributed by atoms with Crippen molar-refractivity contribution in [3.8, 4) is 0 Å². The number of rotatable bonds is 3. The summed E-state index contributed by atoms with van der Waals surface area (Å²) in [6.07, 6.45) is 2.91. The minimum absolute atomic E-state index is 0.110. The molecule has 1 saturated heterocycles. The Hall–Kier alpha value is -2.41. The summed E-state index contributed by atoms with van der Waals surface area (Å²) < 4.78 is 1.29. The number of benzene rings is 1. The Labute approximate surface area is 137 Å². The molecule has 1 aromatic heterocycles. The summed E-state index contributed by atoms with van der Waals surface area (Å²) in [6, 6.07) is 7.21.